The molecule has 2 aromatic rings. The summed E-state index contributed by atoms with van der Waals surface area (Å²) in [6, 6.07) is 7.66. The molecule has 0 aliphatic rings. The highest BCUT2D eigenvalue weighted by atomic mass is 127. The zero-order chi connectivity index (χ0) is 12.3. The lowest BCUT2D eigenvalue weighted by molar-refractivity contribution is 1.32. The standard InChI is InChI=1S/C12H6ClIN2S/c13-12(9-5-11(14)17-7-9)10(6-15)8-1-3-16-4-2-8/h1-5,7H/b12-10-. The summed E-state index contributed by atoms with van der Waals surface area (Å²) in [6.07, 6.45) is 3.29. The summed E-state index contributed by atoms with van der Waals surface area (Å²) in [4.78, 5) is 3.92. The van der Waals surface area contributed by atoms with Crippen LogP contribution in [0.15, 0.2) is 36.0 Å². The van der Waals surface area contributed by atoms with Gasteiger partial charge in [0.2, 0.25) is 0 Å². The third-order valence-electron chi connectivity index (χ3n) is 2.12. The van der Waals surface area contributed by atoms with Gasteiger partial charge in [0, 0.05) is 23.3 Å². The van der Waals surface area contributed by atoms with Crippen molar-refractivity contribution in [2.75, 3.05) is 0 Å². The van der Waals surface area contributed by atoms with E-state index in [1.807, 2.05) is 11.4 Å². The van der Waals surface area contributed by atoms with Crippen molar-refractivity contribution in [3.63, 3.8) is 0 Å². The molecule has 2 nitrogen and oxygen atoms in total. The first-order chi connectivity index (χ1) is 8.22. The number of halogens is 2. The number of rotatable bonds is 2. The van der Waals surface area contributed by atoms with E-state index in [0.29, 0.717) is 10.6 Å². The monoisotopic (exact) mass is 372 g/mol. The summed E-state index contributed by atoms with van der Waals surface area (Å²) in [5.74, 6) is 0. The lowest BCUT2D eigenvalue weighted by Gasteiger charge is -2.01. The molecular weight excluding hydrogens is 367 g/mol. The molecule has 0 fully saturated rings. The Kier molecular flexibility index (Phi) is 4.15. The van der Waals surface area contributed by atoms with E-state index >= 15 is 0 Å². The molecule has 0 saturated heterocycles. The van der Waals surface area contributed by atoms with Crippen molar-refractivity contribution in [1.82, 2.24) is 4.98 Å². The Bertz CT molecular complexity index is 598. The van der Waals surface area contributed by atoms with Gasteiger partial charge in [-0.05, 0) is 46.4 Å². The smallest absolute Gasteiger partial charge is 0.101 e. The number of aromatic nitrogens is 1. The van der Waals surface area contributed by atoms with Crippen molar-refractivity contribution in [3.05, 3.63) is 50.0 Å². The average molecular weight is 373 g/mol. The molecule has 84 valence electrons. The normalized spacial score (nSPS) is 11.8. The van der Waals surface area contributed by atoms with Crippen molar-refractivity contribution in [1.29, 1.82) is 5.26 Å². The van der Waals surface area contributed by atoms with Crippen LogP contribution in [0.2, 0.25) is 0 Å². The van der Waals surface area contributed by atoms with E-state index in [-0.39, 0.29) is 0 Å². The van der Waals surface area contributed by atoms with Crippen LogP contribution < -0.4 is 0 Å². The number of hydrogen-bond donors (Lipinski definition) is 0. The van der Waals surface area contributed by atoms with Crippen molar-refractivity contribution in [2.24, 2.45) is 0 Å². The van der Waals surface area contributed by atoms with Crippen LogP contribution in [0.3, 0.4) is 0 Å². The second kappa shape index (κ2) is 5.63. The fraction of sp³-hybridized carbons (Fsp3) is 0. The molecule has 0 saturated carbocycles. The minimum atomic E-state index is 0.475. The van der Waals surface area contributed by atoms with Gasteiger partial charge < -0.3 is 0 Å². The van der Waals surface area contributed by atoms with Crippen molar-refractivity contribution >= 4 is 56.1 Å². The van der Waals surface area contributed by atoms with Crippen LogP contribution in [0.5, 0.6) is 0 Å². The zero-order valence-electron chi connectivity index (χ0n) is 8.52. The second-order valence-corrected chi connectivity index (χ2v) is 6.36. The van der Waals surface area contributed by atoms with Crippen LogP contribution in [-0.2, 0) is 0 Å². The molecule has 5 heteroatoms. The van der Waals surface area contributed by atoms with E-state index in [1.165, 1.54) is 0 Å². The van der Waals surface area contributed by atoms with Crippen LogP contribution in [0, 0.1) is 14.2 Å². The number of nitrogens with zero attached hydrogens (tertiary/aromatic N) is 2. The molecule has 0 aliphatic carbocycles. The van der Waals surface area contributed by atoms with Crippen LogP contribution in [0.25, 0.3) is 10.6 Å². The van der Waals surface area contributed by atoms with Crippen molar-refractivity contribution in [2.45, 2.75) is 0 Å². The van der Waals surface area contributed by atoms with Gasteiger partial charge in [0.05, 0.1) is 13.5 Å². The summed E-state index contributed by atoms with van der Waals surface area (Å²) in [6.45, 7) is 0. The maximum atomic E-state index is 9.21. The number of pyridine rings is 1. The van der Waals surface area contributed by atoms with E-state index in [0.717, 1.165) is 14.0 Å². The number of thiophene rings is 1. The Morgan fingerprint density at radius 1 is 1.35 bits per heavy atom. The fourth-order valence-corrected chi connectivity index (χ4v) is 2.99. The van der Waals surface area contributed by atoms with Gasteiger partial charge in [0.1, 0.15) is 6.07 Å². The summed E-state index contributed by atoms with van der Waals surface area (Å²) in [5.41, 5.74) is 2.14. The summed E-state index contributed by atoms with van der Waals surface area (Å²) in [7, 11) is 0. The molecule has 0 spiro atoms. The molecule has 0 bridgehead atoms. The van der Waals surface area contributed by atoms with Gasteiger partial charge in [-0.15, -0.1) is 11.3 Å². The topological polar surface area (TPSA) is 36.7 Å². The molecule has 2 aromatic heterocycles. The molecule has 0 aromatic carbocycles. The predicted octanol–water partition coefficient (Wildman–Crippen LogP) is 4.38. The van der Waals surface area contributed by atoms with E-state index in [9.17, 15) is 5.26 Å². The maximum absolute atomic E-state index is 9.21. The van der Waals surface area contributed by atoms with E-state index in [1.54, 1.807) is 35.9 Å². The molecular formula is C12H6ClIN2S. The molecule has 0 aliphatic heterocycles. The molecule has 0 radical (unpaired) electrons. The Morgan fingerprint density at radius 2 is 2.06 bits per heavy atom. The van der Waals surface area contributed by atoms with Gasteiger partial charge in [-0.3, -0.25) is 4.98 Å². The first-order valence-electron chi connectivity index (χ1n) is 4.67. The SMILES string of the molecule is N#C/C(=C(/Cl)c1csc(I)c1)c1ccncc1. The zero-order valence-corrected chi connectivity index (χ0v) is 12.3. The maximum Gasteiger partial charge on any atom is 0.101 e. The Labute approximate surface area is 122 Å². The highest BCUT2D eigenvalue weighted by Gasteiger charge is 2.10. The van der Waals surface area contributed by atoms with Gasteiger partial charge in [0.15, 0.2) is 0 Å². The average Bonchev–Trinajstić information content (AvgIpc) is 2.78. The van der Waals surface area contributed by atoms with Crippen LogP contribution in [0.4, 0.5) is 0 Å². The van der Waals surface area contributed by atoms with Gasteiger partial charge in [-0.25, -0.2) is 0 Å². The van der Waals surface area contributed by atoms with Crippen molar-refractivity contribution in [3.8, 4) is 6.07 Å². The number of allylic oxidation sites excluding steroid dienone is 1. The van der Waals surface area contributed by atoms with Crippen LogP contribution in [-0.4, -0.2) is 4.98 Å². The number of nitriles is 1. The third kappa shape index (κ3) is 2.86. The first kappa shape index (κ1) is 12.6. The van der Waals surface area contributed by atoms with E-state index in [2.05, 4.69) is 33.6 Å². The van der Waals surface area contributed by atoms with Gasteiger partial charge >= 0.3 is 0 Å². The highest BCUT2D eigenvalue weighted by molar-refractivity contribution is 14.1. The van der Waals surface area contributed by atoms with Crippen LogP contribution in [0.1, 0.15) is 11.1 Å². The molecule has 0 atom stereocenters. The lowest BCUT2D eigenvalue weighted by atomic mass is 10.1. The fourth-order valence-electron chi connectivity index (χ4n) is 1.33. The number of hydrogen-bond acceptors (Lipinski definition) is 3. The summed E-state index contributed by atoms with van der Waals surface area (Å²) < 4.78 is 1.14. The molecule has 0 amide bonds. The van der Waals surface area contributed by atoms with E-state index < -0.39 is 0 Å². The minimum Gasteiger partial charge on any atom is -0.265 e. The molecule has 17 heavy (non-hydrogen) atoms. The largest absolute Gasteiger partial charge is 0.265 e. The van der Waals surface area contributed by atoms with Gasteiger partial charge in [0.25, 0.3) is 0 Å². The molecule has 0 unspecified atom stereocenters. The highest BCUT2D eigenvalue weighted by Crippen LogP contribution is 2.32. The van der Waals surface area contributed by atoms with Crippen LogP contribution >= 0.6 is 45.5 Å². The predicted molar refractivity (Wildman–Crippen MR) is 79.6 cm³/mol. The Hall–Kier alpha value is -0.900. The first-order valence-corrected chi connectivity index (χ1v) is 7.00. The minimum absolute atomic E-state index is 0.475. The molecule has 2 rings (SSSR count). The third-order valence-corrected chi connectivity index (χ3v) is 4.32. The summed E-state index contributed by atoms with van der Waals surface area (Å²) in [5, 5.41) is 11.6. The molecule has 0 N–H and O–H groups in total. The lowest BCUT2D eigenvalue weighted by Crippen LogP contribution is -1.85. The Balaban J connectivity index is 2.52. The second-order valence-electron chi connectivity index (χ2n) is 3.18. The van der Waals surface area contributed by atoms with Gasteiger partial charge in [-0.2, -0.15) is 5.26 Å². The summed E-state index contributed by atoms with van der Waals surface area (Å²) >= 11 is 10.1. The Morgan fingerprint density at radius 3 is 2.59 bits per heavy atom. The quantitative estimate of drug-likeness (QED) is 0.579. The van der Waals surface area contributed by atoms with Crippen molar-refractivity contribution < 1.29 is 0 Å². The molecule has 2 heterocycles. The van der Waals surface area contributed by atoms with Gasteiger partial charge in [-0.1, -0.05) is 11.6 Å². The van der Waals surface area contributed by atoms with E-state index in [4.69, 9.17) is 11.6 Å².